The van der Waals surface area contributed by atoms with Crippen molar-refractivity contribution in [3.05, 3.63) is 10.1 Å². The van der Waals surface area contributed by atoms with Crippen LogP contribution < -0.4 is 0 Å². The molecule has 0 radical (unpaired) electrons. The van der Waals surface area contributed by atoms with Crippen LogP contribution in [0.25, 0.3) is 0 Å². The van der Waals surface area contributed by atoms with Crippen molar-refractivity contribution in [3.8, 4) is 0 Å². The van der Waals surface area contributed by atoms with Crippen LogP contribution >= 0.6 is 0 Å². The fourth-order valence-corrected chi connectivity index (χ4v) is 1.18. The lowest BCUT2D eigenvalue weighted by Gasteiger charge is -2.16. The lowest BCUT2D eigenvalue weighted by molar-refractivity contribution is -0.534. The van der Waals surface area contributed by atoms with Crippen LogP contribution in [-0.2, 0) is 19.1 Å². The zero-order valence-corrected chi connectivity index (χ0v) is 9.47. The first-order valence-electron chi connectivity index (χ1n) is 4.78. The fraction of sp³-hybridized carbons (Fsp3) is 0.778. The molecule has 0 fully saturated rings. The van der Waals surface area contributed by atoms with Crippen molar-refractivity contribution in [2.75, 3.05) is 6.61 Å². The monoisotopic (exact) mass is 233 g/mol. The van der Waals surface area contributed by atoms with Gasteiger partial charge in [-0.25, -0.2) is 0 Å². The summed E-state index contributed by atoms with van der Waals surface area (Å²) in [7, 11) is 0. The van der Waals surface area contributed by atoms with Crippen molar-refractivity contribution in [2.24, 2.45) is 0 Å². The molecule has 0 aliphatic heterocycles. The van der Waals surface area contributed by atoms with Crippen LogP contribution in [0.5, 0.6) is 0 Å². The number of nitro groups is 1. The van der Waals surface area contributed by atoms with Gasteiger partial charge >= 0.3 is 11.9 Å². The van der Waals surface area contributed by atoms with Gasteiger partial charge in [0, 0.05) is 18.8 Å². The van der Waals surface area contributed by atoms with Gasteiger partial charge in [-0.3, -0.25) is 19.7 Å². The minimum absolute atomic E-state index is 0.0149. The maximum atomic E-state index is 10.7. The van der Waals surface area contributed by atoms with Crippen molar-refractivity contribution in [2.45, 2.75) is 39.3 Å². The van der Waals surface area contributed by atoms with E-state index in [0.717, 1.165) is 0 Å². The van der Waals surface area contributed by atoms with Gasteiger partial charge in [0.25, 0.3) is 6.04 Å². The first-order chi connectivity index (χ1) is 7.34. The van der Waals surface area contributed by atoms with Gasteiger partial charge in [-0.15, -0.1) is 0 Å². The minimum Gasteiger partial charge on any atom is -0.466 e. The Balaban J connectivity index is 4.21. The van der Waals surface area contributed by atoms with Crippen LogP contribution in [0.4, 0.5) is 0 Å². The van der Waals surface area contributed by atoms with Crippen molar-refractivity contribution in [1.82, 2.24) is 0 Å². The largest absolute Gasteiger partial charge is 0.466 e. The second-order valence-corrected chi connectivity index (χ2v) is 3.30. The molecule has 16 heavy (non-hydrogen) atoms. The highest BCUT2D eigenvalue weighted by atomic mass is 16.6. The summed E-state index contributed by atoms with van der Waals surface area (Å²) in [5, 5.41) is 10.7. The van der Waals surface area contributed by atoms with Gasteiger partial charge in [0.15, 0.2) is 6.10 Å². The van der Waals surface area contributed by atoms with Gasteiger partial charge in [-0.2, -0.15) is 0 Å². The van der Waals surface area contributed by atoms with Crippen molar-refractivity contribution in [1.29, 1.82) is 0 Å². The fourth-order valence-electron chi connectivity index (χ4n) is 1.18. The molecule has 0 amide bonds. The number of carbonyl (C=O) groups is 2. The molecule has 0 heterocycles. The number of hydrogen-bond acceptors (Lipinski definition) is 6. The Morgan fingerprint density at radius 2 is 1.88 bits per heavy atom. The Kier molecular flexibility index (Phi) is 6.06. The summed E-state index contributed by atoms with van der Waals surface area (Å²) in [5.41, 5.74) is 0. The van der Waals surface area contributed by atoms with Gasteiger partial charge in [0.2, 0.25) is 0 Å². The van der Waals surface area contributed by atoms with Gasteiger partial charge in [-0.1, -0.05) is 0 Å². The molecule has 0 aromatic heterocycles. The second-order valence-electron chi connectivity index (χ2n) is 3.30. The highest BCUT2D eigenvalue weighted by Gasteiger charge is 2.30. The number of esters is 2. The van der Waals surface area contributed by atoms with Gasteiger partial charge in [-0.05, 0) is 6.92 Å². The SMILES string of the molecule is CC(=O)OCCC(C(C)OC(C)=O)[N+](=O)[O-]. The molecule has 7 nitrogen and oxygen atoms in total. The molecular weight excluding hydrogens is 218 g/mol. The second kappa shape index (κ2) is 6.76. The van der Waals surface area contributed by atoms with E-state index in [1.54, 1.807) is 0 Å². The Hall–Kier alpha value is -1.66. The van der Waals surface area contributed by atoms with E-state index in [2.05, 4.69) is 4.74 Å². The van der Waals surface area contributed by atoms with Crippen LogP contribution in [0.3, 0.4) is 0 Å². The molecule has 0 saturated carbocycles. The minimum atomic E-state index is -1.07. The van der Waals surface area contributed by atoms with Gasteiger partial charge in [0.1, 0.15) is 0 Å². The maximum absolute atomic E-state index is 10.7. The zero-order valence-electron chi connectivity index (χ0n) is 9.47. The summed E-state index contributed by atoms with van der Waals surface area (Å²) >= 11 is 0. The molecule has 0 aliphatic rings. The van der Waals surface area contributed by atoms with E-state index in [0.29, 0.717) is 0 Å². The lowest BCUT2D eigenvalue weighted by Crippen LogP contribution is -2.35. The average molecular weight is 233 g/mol. The molecule has 92 valence electrons. The Labute approximate surface area is 92.9 Å². The highest BCUT2D eigenvalue weighted by Crippen LogP contribution is 2.08. The van der Waals surface area contributed by atoms with E-state index in [4.69, 9.17) is 4.74 Å². The molecule has 2 unspecified atom stereocenters. The van der Waals surface area contributed by atoms with E-state index in [-0.39, 0.29) is 13.0 Å². The molecule has 0 spiro atoms. The standard InChI is InChI=1S/C9H15NO6/c1-6(16-8(3)12)9(10(13)14)4-5-15-7(2)11/h6,9H,4-5H2,1-3H3. The highest BCUT2D eigenvalue weighted by molar-refractivity contribution is 5.66. The van der Waals surface area contributed by atoms with Crippen molar-refractivity contribution < 1.29 is 24.0 Å². The summed E-state index contributed by atoms with van der Waals surface area (Å²) in [6.45, 7) is 3.77. The van der Waals surface area contributed by atoms with Gasteiger partial charge < -0.3 is 9.47 Å². The van der Waals surface area contributed by atoms with Crippen LogP contribution in [-0.4, -0.2) is 35.6 Å². The quantitative estimate of drug-likeness (QED) is 0.377. The smallest absolute Gasteiger partial charge is 0.303 e. The van der Waals surface area contributed by atoms with Crippen molar-refractivity contribution >= 4 is 11.9 Å². The van der Waals surface area contributed by atoms with E-state index >= 15 is 0 Å². The normalized spacial score (nSPS) is 13.7. The number of carbonyl (C=O) groups excluding carboxylic acids is 2. The third kappa shape index (κ3) is 5.94. The first kappa shape index (κ1) is 14.3. The first-order valence-corrected chi connectivity index (χ1v) is 4.78. The van der Waals surface area contributed by atoms with E-state index in [1.807, 2.05) is 0 Å². The third-order valence-electron chi connectivity index (χ3n) is 1.88. The van der Waals surface area contributed by atoms with Crippen LogP contribution in [0.1, 0.15) is 27.2 Å². The predicted octanol–water partition coefficient (Wildman–Crippen LogP) is 0.536. The summed E-state index contributed by atoms with van der Waals surface area (Å²) in [4.78, 5) is 31.2. The summed E-state index contributed by atoms with van der Waals surface area (Å²) in [5.74, 6) is -1.07. The average Bonchev–Trinajstić information content (AvgIpc) is 2.09. The summed E-state index contributed by atoms with van der Waals surface area (Å²) in [6.07, 6.45) is -0.829. The number of hydrogen-bond donors (Lipinski definition) is 0. The molecule has 0 aromatic carbocycles. The van der Waals surface area contributed by atoms with Crippen LogP contribution in [0.2, 0.25) is 0 Å². The molecule has 0 N–H and O–H groups in total. The molecule has 7 heteroatoms. The third-order valence-corrected chi connectivity index (χ3v) is 1.88. The molecular formula is C9H15NO6. The predicted molar refractivity (Wildman–Crippen MR) is 53.3 cm³/mol. The Morgan fingerprint density at radius 1 is 1.31 bits per heavy atom. The van der Waals surface area contributed by atoms with Crippen LogP contribution in [0.15, 0.2) is 0 Å². The van der Waals surface area contributed by atoms with Gasteiger partial charge in [0.05, 0.1) is 13.0 Å². The van der Waals surface area contributed by atoms with E-state index < -0.39 is 29.0 Å². The summed E-state index contributed by atoms with van der Waals surface area (Å²) in [6, 6.07) is -1.07. The van der Waals surface area contributed by atoms with Crippen molar-refractivity contribution in [3.63, 3.8) is 0 Å². The number of nitrogens with zero attached hydrogens (tertiary/aromatic N) is 1. The molecule has 2 atom stereocenters. The molecule has 0 rings (SSSR count). The topological polar surface area (TPSA) is 95.7 Å². The maximum Gasteiger partial charge on any atom is 0.303 e. The molecule has 0 aromatic rings. The van der Waals surface area contributed by atoms with Crippen LogP contribution in [0, 0.1) is 10.1 Å². The molecule has 0 aliphatic carbocycles. The van der Waals surface area contributed by atoms with E-state index in [1.165, 1.54) is 20.8 Å². The lowest BCUT2D eigenvalue weighted by atomic mass is 10.1. The Bertz CT molecular complexity index is 277. The zero-order chi connectivity index (χ0) is 12.7. The summed E-state index contributed by atoms with van der Waals surface area (Å²) < 4.78 is 9.30. The molecule has 0 bridgehead atoms. The number of rotatable bonds is 6. The Morgan fingerprint density at radius 3 is 2.25 bits per heavy atom. The molecule has 0 saturated heterocycles. The van der Waals surface area contributed by atoms with E-state index in [9.17, 15) is 19.7 Å². The number of ether oxygens (including phenoxy) is 2.